The molecule has 0 unspecified atom stereocenters. The highest BCUT2D eigenvalue weighted by atomic mass is 35.5. The Morgan fingerprint density at radius 2 is 1.90 bits per heavy atom. The molecule has 150 valence electrons. The zero-order chi connectivity index (χ0) is 21.4. The molecule has 30 heavy (non-hydrogen) atoms. The Morgan fingerprint density at radius 1 is 1.13 bits per heavy atom. The molecule has 2 N–H and O–H groups in total. The fraction of sp³-hybridized carbons (Fsp3) is 0. The zero-order valence-electron chi connectivity index (χ0n) is 15.1. The van der Waals surface area contributed by atoms with Crippen LogP contribution in [0.5, 0.6) is 0 Å². The minimum Gasteiger partial charge on any atom is -0.478 e. The Labute approximate surface area is 185 Å². The number of rotatable bonds is 4. The Hall–Kier alpha value is -3.00. The Morgan fingerprint density at radius 3 is 2.63 bits per heavy atom. The number of benzene rings is 2. The van der Waals surface area contributed by atoms with Crippen LogP contribution in [-0.2, 0) is 4.79 Å². The van der Waals surface area contributed by atoms with Crippen molar-refractivity contribution in [3.63, 3.8) is 0 Å². The number of amidine groups is 1. The number of carboxylic acid groups (broad SMARTS) is 1. The Balaban J connectivity index is 1.65. The van der Waals surface area contributed by atoms with Gasteiger partial charge in [-0.2, -0.15) is 0 Å². The normalized spacial score (nSPS) is 15.3. The summed E-state index contributed by atoms with van der Waals surface area (Å²) >= 11 is 13.1. The average Bonchev–Trinajstić information content (AvgIpc) is 3.27. The summed E-state index contributed by atoms with van der Waals surface area (Å²) in [5, 5.41) is 18.2. The van der Waals surface area contributed by atoms with Crippen molar-refractivity contribution < 1.29 is 19.1 Å². The molecular weight excluding hydrogens is 447 g/mol. The number of carboxylic acids is 1. The van der Waals surface area contributed by atoms with E-state index >= 15 is 0 Å². The lowest BCUT2D eigenvalue weighted by atomic mass is 10.1. The van der Waals surface area contributed by atoms with Crippen LogP contribution in [0.25, 0.3) is 17.4 Å². The fourth-order valence-corrected chi connectivity index (χ4v) is 4.28. The van der Waals surface area contributed by atoms with Gasteiger partial charge in [-0.3, -0.25) is 15.1 Å². The number of amides is 1. The second-order valence-electron chi connectivity index (χ2n) is 6.20. The lowest BCUT2D eigenvalue weighted by Gasteiger charge is -2.16. The first-order valence-electron chi connectivity index (χ1n) is 8.55. The third-order valence-electron chi connectivity index (χ3n) is 4.30. The van der Waals surface area contributed by atoms with Crippen LogP contribution < -0.4 is 4.90 Å². The van der Waals surface area contributed by atoms with Crippen LogP contribution in [0.1, 0.15) is 16.1 Å². The second kappa shape index (κ2) is 8.02. The van der Waals surface area contributed by atoms with Crippen molar-refractivity contribution in [1.82, 2.24) is 0 Å². The van der Waals surface area contributed by atoms with Gasteiger partial charge in [-0.1, -0.05) is 41.4 Å². The van der Waals surface area contributed by atoms with Gasteiger partial charge in [0.2, 0.25) is 0 Å². The molecule has 0 aliphatic carbocycles. The maximum Gasteiger partial charge on any atom is 0.336 e. The third kappa shape index (κ3) is 3.75. The van der Waals surface area contributed by atoms with Gasteiger partial charge in [-0.25, -0.2) is 4.79 Å². The summed E-state index contributed by atoms with van der Waals surface area (Å²) in [5.41, 5.74) is 0.910. The zero-order valence-corrected chi connectivity index (χ0v) is 17.4. The summed E-state index contributed by atoms with van der Waals surface area (Å²) in [6.07, 6.45) is 1.51. The maximum atomic E-state index is 12.9. The molecule has 4 rings (SSSR count). The number of anilines is 1. The molecule has 0 spiro atoms. The molecule has 1 fully saturated rings. The molecule has 2 heterocycles. The largest absolute Gasteiger partial charge is 0.478 e. The van der Waals surface area contributed by atoms with Crippen LogP contribution in [0, 0.1) is 5.41 Å². The van der Waals surface area contributed by atoms with E-state index in [1.54, 1.807) is 42.5 Å². The summed E-state index contributed by atoms with van der Waals surface area (Å²) < 4.78 is 5.75. The Kier molecular flexibility index (Phi) is 5.42. The summed E-state index contributed by atoms with van der Waals surface area (Å²) in [4.78, 5) is 25.8. The molecule has 1 amide bonds. The fourth-order valence-electron chi connectivity index (χ4n) is 2.96. The number of furan rings is 1. The van der Waals surface area contributed by atoms with E-state index in [-0.39, 0.29) is 20.7 Å². The van der Waals surface area contributed by atoms with Crippen LogP contribution >= 0.6 is 35.0 Å². The highest BCUT2D eigenvalue weighted by molar-refractivity contribution is 8.19. The molecule has 0 atom stereocenters. The lowest BCUT2D eigenvalue weighted by Crippen LogP contribution is -2.28. The minimum absolute atomic E-state index is 0.00141. The monoisotopic (exact) mass is 458 g/mol. The van der Waals surface area contributed by atoms with Crippen LogP contribution in [-0.4, -0.2) is 22.2 Å². The topological polar surface area (TPSA) is 94.6 Å². The average molecular weight is 459 g/mol. The van der Waals surface area contributed by atoms with Gasteiger partial charge in [0.15, 0.2) is 5.17 Å². The quantitative estimate of drug-likeness (QED) is 0.466. The molecule has 1 saturated heterocycles. The van der Waals surface area contributed by atoms with E-state index in [9.17, 15) is 14.7 Å². The number of hydrogen-bond acceptors (Lipinski definition) is 5. The third-order valence-corrected chi connectivity index (χ3v) is 5.72. The summed E-state index contributed by atoms with van der Waals surface area (Å²) in [5.74, 6) is -0.758. The van der Waals surface area contributed by atoms with Crippen molar-refractivity contribution in [1.29, 1.82) is 5.41 Å². The molecule has 3 aromatic rings. The smallest absolute Gasteiger partial charge is 0.336 e. The van der Waals surface area contributed by atoms with Crippen molar-refractivity contribution in [2.24, 2.45) is 0 Å². The van der Waals surface area contributed by atoms with E-state index in [2.05, 4.69) is 0 Å². The van der Waals surface area contributed by atoms with E-state index in [0.29, 0.717) is 27.8 Å². The number of nitrogens with one attached hydrogen (secondary N) is 1. The SMILES string of the molecule is N=C1SC(=Cc2ccc(-c3ccccc3C(=O)O)o2)C(=O)N1c1ccc(Cl)cc1Cl. The van der Waals surface area contributed by atoms with Crippen molar-refractivity contribution in [3.05, 3.63) is 80.9 Å². The van der Waals surface area contributed by atoms with Crippen molar-refractivity contribution >= 4 is 63.8 Å². The van der Waals surface area contributed by atoms with Crippen molar-refractivity contribution in [3.8, 4) is 11.3 Å². The van der Waals surface area contributed by atoms with Crippen LogP contribution in [0.15, 0.2) is 63.9 Å². The van der Waals surface area contributed by atoms with Gasteiger partial charge in [-0.15, -0.1) is 0 Å². The number of thioether (sulfide) groups is 1. The number of carbonyl (C=O) groups is 2. The van der Waals surface area contributed by atoms with Crippen LogP contribution in [0.3, 0.4) is 0 Å². The van der Waals surface area contributed by atoms with E-state index < -0.39 is 11.9 Å². The highest BCUT2D eigenvalue weighted by Crippen LogP contribution is 2.39. The Bertz CT molecular complexity index is 1240. The van der Waals surface area contributed by atoms with E-state index in [1.165, 1.54) is 23.1 Å². The molecule has 1 aliphatic heterocycles. The van der Waals surface area contributed by atoms with E-state index in [4.69, 9.17) is 33.0 Å². The summed E-state index contributed by atoms with van der Waals surface area (Å²) in [6, 6.07) is 14.4. The molecule has 0 bridgehead atoms. The second-order valence-corrected chi connectivity index (χ2v) is 8.08. The van der Waals surface area contributed by atoms with Crippen molar-refractivity contribution in [2.75, 3.05) is 4.90 Å². The molecule has 9 heteroatoms. The van der Waals surface area contributed by atoms with Crippen LogP contribution in [0.2, 0.25) is 10.0 Å². The standard InChI is InChI=1S/C21H12Cl2N2O4S/c22-11-5-7-16(15(23)9-11)25-19(26)18(30-21(25)24)10-12-6-8-17(29-12)13-3-1-2-4-14(13)20(27)28/h1-10,24H,(H,27,28). The first-order valence-corrected chi connectivity index (χ1v) is 10.1. The molecule has 1 aliphatic rings. The van der Waals surface area contributed by atoms with E-state index in [0.717, 1.165) is 11.8 Å². The number of halogens is 2. The number of carbonyl (C=O) groups excluding carboxylic acids is 1. The first-order chi connectivity index (χ1) is 14.3. The maximum absolute atomic E-state index is 12.9. The summed E-state index contributed by atoms with van der Waals surface area (Å²) in [6.45, 7) is 0. The summed E-state index contributed by atoms with van der Waals surface area (Å²) in [7, 11) is 0. The number of aromatic carboxylic acids is 1. The molecule has 6 nitrogen and oxygen atoms in total. The molecule has 1 aromatic heterocycles. The van der Waals surface area contributed by atoms with Gasteiger partial charge in [0.1, 0.15) is 11.5 Å². The van der Waals surface area contributed by atoms with Gasteiger partial charge in [0.05, 0.1) is 21.2 Å². The van der Waals surface area contributed by atoms with Gasteiger partial charge in [0.25, 0.3) is 5.91 Å². The first kappa shape index (κ1) is 20.3. The van der Waals surface area contributed by atoms with Gasteiger partial charge < -0.3 is 9.52 Å². The molecule has 0 saturated carbocycles. The van der Waals surface area contributed by atoms with Gasteiger partial charge in [-0.05, 0) is 48.2 Å². The highest BCUT2D eigenvalue weighted by Gasteiger charge is 2.35. The number of hydrogen-bond donors (Lipinski definition) is 2. The van der Waals surface area contributed by atoms with E-state index in [1.807, 2.05) is 0 Å². The number of nitrogens with zero attached hydrogens (tertiary/aromatic N) is 1. The van der Waals surface area contributed by atoms with Crippen LogP contribution in [0.4, 0.5) is 5.69 Å². The minimum atomic E-state index is -1.06. The van der Waals surface area contributed by atoms with Crippen molar-refractivity contribution in [2.45, 2.75) is 0 Å². The van der Waals surface area contributed by atoms with Gasteiger partial charge in [0, 0.05) is 16.7 Å². The predicted octanol–water partition coefficient (Wildman–Crippen LogP) is 6.01. The predicted molar refractivity (Wildman–Crippen MR) is 118 cm³/mol. The molecule has 0 radical (unpaired) electrons. The lowest BCUT2D eigenvalue weighted by molar-refractivity contribution is -0.113. The molecular formula is C21H12Cl2N2O4S. The van der Waals surface area contributed by atoms with Gasteiger partial charge >= 0.3 is 5.97 Å². The molecule has 2 aromatic carbocycles.